The van der Waals surface area contributed by atoms with E-state index in [0.29, 0.717) is 25.5 Å². The van der Waals surface area contributed by atoms with Crippen LogP contribution in [-0.4, -0.2) is 19.2 Å². The lowest BCUT2D eigenvalue weighted by Crippen LogP contribution is -2.26. The van der Waals surface area contributed by atoms with Crippen LogP contribution < -0.4 is 10.1 Å². The number of hydrogen-bond acceptors (Lipinski definition) is 3. The van der Waals surface area contributed by atoms with Crippen LogP contribution in [-0.2, 0) is 11.3 Å². The molecule has 0 aliphatic heterocycles. The van der Waals surface area contributed by atoms with Crippen molar-refractivity contribution in [3.05, 3.63) is 131 Å². The van der Waals surface area contributed by atoms with Crippen LogP contribution >= 0.6 is 0 Å². The molecule has 36 heavy (non-hydrogen) atoms. The minimum atomic E-state index is -0.442. The van der Waals surface area contributed by atoms with Crippen molar-refractivity contribution in [2.45, 2.75) is 12.5 Å². The van der Waals surface area contributed by atoms with Crippen LogP contribution in [0.1, 0.15) is 28.2 Å². The van der Waals surface area contributed by atoms with Gasteiger partial charge in [0.05, 0.1) is 0 Å². The van der Waals surface area contributed by atoms with E-state index in [4.69, 9.17) is 9.47 Å². The summed E-state index contributed by atoms with van der Waals surface area (Å²) in [5, 5.41) is 2.78. The predicted octanol–water partition coefficient (Wildman–Crippen LogP) is 6.96. The van der Waals surface area contributed by atoms with E-state index in [1.165, 1.54) is 34.4 Å². The van der Waals surface area contributed by atoms with Gasteiger partial charge in [0.15, 0.2) is 0 Å². The molecule has 0 heterocycles. The third-order valence-corrected chi connectivity index (χ3v) is 6.19. The second kappa shape index (κ2) is 10.9. The van der Waals surface area contributed by atoms with Crippen molar-refractivity contribution in [2.75, 3.05) is 13.2 Å². The molecule has 0 saturated carbocycles. The molecule has 0 spiro atoms. The Morgan fingerprint density at radius 3 is 2.25 bits per heavy atom. The Hall–Kier alpha value is -4.38. The van der Waals surface area contributed by atoms with Gasteiger partial charge in [0, 0.05) is 12.5 Å². The molecule has 0 atom stereocenters. The van der Waals surface area contributed by atoms with Gasteiger partial charge in [0.1, 0.15) is 24.8 Å². The van der Waals surface area contributed by atoms with Gasteiger partial charge in [-0.2, -0.15) is 0 Å². The summed E-state index contributed by atoms with van der Waals surface area (Å²) in [5.74, 6) is 0.469. The monoisotopic (exact) mass is 479 g/mol. The van der Waals surface area contributed by atoms with Crippen LogP contribution in [0.2, 0.25) is 0 Å². The second-order valence-electron chi connectivity index (χ2n) is 8.60. The second-order valence-corrected chi connectivity index (χ2v) is 8.60. The molecule has 4 aromatic rings. The number of benzene rings is 4. The Kier molecular flexibility index (Phi) is 7.08. The molecule has 1 amide bonds. The van der Waals surface area contributed by atoms with E-state index in [9.17, 15) is 9.18 Å². The molecule has 1 aliphatic carbocycles. The van der Waals surface area contributed by atoms with Crippen LogP contribution in [0.25, 0.3) is 17.2 Å². The standard InChI is InChI=1S/C31H26FNO3/c32-24-9-5-7-23(19-24)20-35-25-16-14-22(15-17-25)8-6-18-33-31(34)36-21-30-28-12-3-1-10-26(28)27-11-2-4-13-29(27)30/h1-17,19,30H,18,20-21H2,(H,33,34). The van der Waals surface area contributed by atoms with Crippen LogP contribution in [0.4, 0.5) is 9.18 Å². The number of carbonyl (C=O) groups is 1. The number of halogens is 1. The molecular weight excluding hydrogens is 453 g/mol. The Morgan fingerprint density at radius 1 is 0.861 bits per heavy atom. The van der Waals surface area contributed by atoms with E-state index in [0.717, 1.165) is 11.1 Å². The lowest BCUT2D eigenvalue weighted by atomic mass is 9.98. The molecule has 5 heteroatoms. The number of nitrogens with one attached hydrogen (secondary N) is 1. The highest BCUT2D eigenvalue weighted by molar-refractivity contribution is 5.79. The molecule has 0 bridgehead atoms. The van der Waals surface area contributed by atoms with Gasteiger partial charge in [-0.3, -0.25) is 0 Å². The third kappa shape index (κ3) is 5.47. The van der Waals surface area contributed by atoms with Crippen molar-refractivity contribution in [2.24, 2.45) is 0 Å². The normalized spacial score (nSPS) is 12.2. The average molecular weight is 480 g/mol. The number of ether oxygens (including phenoxy) is 2. The maximum atomic E-state index is 13.3. The van der Waals surface area contributed by atoms with Gasteiger partial charge < -0.3 is 14.8 Å². The zero-order valence-corrected chi connectivity index (χ0v) is 19.7. The molecule has 1 aliphatic rings. The van der Waals surface area contributed by atoms with Gasteiger partial charge in [-0.1, -0.05) is 84.9 Å². The highest BCUT2D eigenvalue weighted by Crippen LogP contribution is 2.44. The fourth-order valence-corrected chi connectivity index (χ4v) is 4.46. The SMILES string of the molecule is O=C(NCC=Cc1ccc(OCc2cccc(F)c2)cc1)OCC1c2ccccc2-c2ccccc21. The Labute approximate surface area is 210 Å². The zero-order chi connectivity index (χ0) is 24.7. The summed E-state index contributed by atoms with van der Waals surface area (Å²) in [6.45, 7) is 0.951. The fourth-order valence-electron chi connectivity index (χ4n) is 4.46. The maximum Gasteiger partial charge on any atom is 0.407 e. The minimum Gasteiger partial charge on any atom is -0.489 e. The van der Waals surface area contributed by atoms with Crippen molar-refractivity contribution in [1.82, 2.24) is 5.32 Å². The van der Waals surface area contributed by atoms with Gasteiger partial charge in [0.2, 0.25) is 0 Å². The molecule has 0 unspecified atom stereocenters. The molecule has 4 nitrogen and oxygen atoms in total. The molecule has 1 N–H and O–H groups in total. The highest BCUT2D eigenvalue weighted by atomic mass is 19.1. The number of hydrogen-bond donors (Lipinski definition) is 1. The lowest BCUT2D eigenvalue weighted by molar-refractivity contribution is 0.144. The number of fused-ring (bicyclic) bond motifs is 3. The van der Waals surface area contributed by atoms with Crippen LogP contribution in [0, 0.1) is 5.82 Å². The molecular formula is C31H26FNO3. The summed E-state index contributed by atoms with van der Waals surface area (Å²) in [7, 11) is 0. The molecule has 5 rings (SSSR count). The Morgan fingerprint density at radius 2 is 1.56 bits per heavy atom. The van der Waals surface area contributed by atoms with Gasteiger partial charge in [-0.15, -0.1) is 0 Å². The minimum absolute atomic E-state index is 0.0420. The Bertz CT molecular complexity index is 1340. The lowest BCUT2D eigenvalue weighted by Gasteiger charge is -2.14. The Balaban J connectivity index is 1.08. The summed E-state index contributed by atoms with van der Waals surface area (Å²) in [6.07, 6.45) is 3.34. The molecule has 0 fully saturated rings. The summed E-state index contributed by atoms with van der Waals surface area (Å²) in [4.78, 5) is 12.3. The van der Waals surface area contributed by atoms with Crippen molar-refractivity contribution in [1.29, 1.82) is 0 Å². The van der Waals surface area contributed by atoms with E-state index in [1.807, 2.05) is 66.7 Å². The highest BCUT2D eigenvalue weighted by Gasteiger charge is 2.28. The number of rotatable bonds is 8. The van der Waals surface area contributed by atoms with Crippen molar-refractivity contribution in [3.63, 3.8) is 0 Å². The fraction of sp³-hybridized carbons (Fsp3) is 0.129. The van der Waals surface area contributed by atoms with Gasteiger partial charge in [0.25, 0.3) is 0 Å². The van der Waals surface area contributed by atoms with E-state index in [2.05, 4.69) is 29.6 Å². The molecule has 0 radical (unpaired) electrons. The summed E-state index contributed by atoms with van der Waals surface area (Å²) in [5.41, 5.74) is 6.54. The third-order valence-electron chi connectivity index (χ3n) is 6.19. The summed E-state index contributed by atoms with van der Waals surface area (Å²) >= 11 is 0. The van der Waals surface area contributed by atoms with Crippen molar-refractivity contribution in [3.8, 4) is 16.9 Å². The molecule has 180 valence electrons. The maximum absolute atomic E-state index is 13.3. The van der Waals surface area contributed by atoms with Crippen molar-refractivity contribution < 1.29 is 18.7 Å². The topological polar surface area (TPSA) is 47.6 Å². The largest absolute Gasteiger partial charge is 0.489 e. The van der Waals surface area contributed by atoms with Gasteiger partial charge in [-0.25, -0.2) is 9.18 Å². The first-order valence-electron chi connectivity index (χ1n) is 11.9. The number of amides is 1. The quantitative estimate of drug-likeness (QED) is 0.297. The van der Waals surface area contributed by atoms with E-state index < -0.39 is 6.09 Å². The first-order valence-corrected chi connectivity index (χ1v) is 11.9. The average Bonchev–Trinajstić information content (AvgIpc) is 3.23. The van der Waals surface area contributed by atoms with Crippen LogP contribution in [0.3, 0.4) is 0 Å². The van der Waals surface area contributed by atoms with E-state index >= 15 is 0 Å². The predicted molar refractivity (Wildman–Crippen MR) is 139 cm³/mol. The first-order chi connectivity index (χ1) is 17.7. The van der Waals surface area contributed by atoms with Crippen molar-refractivity contribution >= 4 is 12.2 Å². The van der Waals surface area contributed by atoms with E-state index in [-0.39, 0.29) is 11.7 Å². The van der Waals surface area contributed by atoms with E-state index in [1.54, 1.807) is 6.07 Å². The summed E-state index contributed by atoms with van der Waals surface area (Å²) < 4.78 is 24.5. The van der Waals surface area contributed by atoms with Crippen LogP contribution in [0.5, 0.6) is 5.75 Å². The molecule has 0 aromatic heterocycles. The zero-order valence-electron chi connectivity index (χ0n) is 19.7. The number of alkyl carbamates (subject to hydrolysis) is 1. The number of carbonyl (C=O) groups excluding carboxylic acids is 1. The molecule has 4 aromatic carbocycles. The van der Waals surface area contributed by atoms with Crippen LogP contribution in [0.15, 0.2) is 103 Å². The molecule has 0 saturated heterocycles. The smallest absolute Gasteiger partial charge is 0.407 e. The van der Waals surface area contributed by atoms with Gasteiger partial charge in [-0.05, 0) is 57.6 Å². The summed E-state index contributed by atoms with van der Waals surface area (Å²) in [6, 6.07) is 30.4. The van der Waals surface area contributed by atoms with Gasteiger partial charge >= 0.3 is 6.09 Å². The first kappa shape index (κ1) is 23.4.